The van der Waals surface area contributed by atoms with Crippen LogP contribution in [0.4, 0.5) is 23.8 Å². The van der Waals surface area contributed by atoms with E-state index in [1.165, 1.54) is 0 Å². The van der Waals surface area contributed by atoms with Crippen LogP contribution in [0.5, 0.6) is 0 Å². The summed E-state index contributed by atoms with van der Waals surface area (Å²) in [5.74, 6) is 5.86. The number of fused-ring (bicyclic) bond motifs is 2. The maximum absolute atomic E-state index is 5.26. The van der Waals surface area contributed by atoms with E-state index >= 15 is 0 Å². The average Bonchev–Trinajstić information content (AvgIpc) is 3.93. The summed E-state index contributed by atoms with van der Waals surface area (Å²) in [4.78, 5) is 41.4. The SMILES string of the molecule is CCC1CNCCN1C(C)Nc1nc(NC(C)N2CCNCC2CC)nc(C2CC3CC2CC3c2nc(NC(C)N3CCNCC3CC)nc(NC(C)N3CCNCC3CC)n2)n1. The Morgan fingerprint density at radius 3 is 0.937 bits per heavy atom. The minimum Gasteiger partial charge on any atom is -0.339 e. The summed E-state index contributed by atoms with van der Waals surface area (Å²) in [5, 5.41) is 29.3. The van der Waals surface area contributed by atoms with Gasteiger partial charge in [-0.1, -0.05) is 27.7 Å². The van der Waals surface area contributed by atoms with Crippen LogP contribution in [0.15, 0.2) is 0 Å². The summed E-state index contributed by atoms with van der Waals surface area (Å²) in [6.07, 6.45) is 7.92. The molecule has 0 amide bonds. The Labute approximate surface area is 377 Å². The predicted molar refractivity (Wildman–Crippen MR) is 253 cm³/mol. The number of anilines is 4. The molecule has 18 nitrogen and oxygen atoms in total. The molecule has 8 N–H and O–H groups in total. The van der Waals surface area contributed by atoms with Crippen LogP contribution < -0.4 is 42.5 Å². The predicted octanol–water partition coefficient (Wildman–Crippen LogP) is 3.12. The van der Waals surface area contributed by atoms with Crippen LogP contribution >= 0.6 is 0 Å². The van der Waals surface area contributed by atoms with Gasteiger partial charge >= 0.3 is 0 Å². The lowest BCUT2D eigenvalue weighted by atomic mass is 9.81. The Kier molecular flexibility index (Phi) is 15.8. The molecule has 0 aromatic carbocycles. The van der Waals surface area contributed by atoms with E-state index in [9.17, 15) is 0 Å². The van der Waals surface area contributed by atoms with Crippen molar-refractivity contribution in [1.82, 2.24) is 70.8 Å². The fraction of sp³-hybridized carbons (Fsp3) is 0.867. The third-order valence-electron chi connectivity index (χ3n) is 15.6. The van der Waals surface area contributed by atoms with Gasteiger partial charge in [0.2, 0.25) is 23.8 Å². The lowest BCUT2D eigenvalue weighted by molar-refractivity contribution is 0.123. The molecule has 18 heteroatoms. The molecule has 63 heavy (non-hydrogen) atoms. The summed E-state index contributed by atoms with van der Waals surface area (Å²) >= 11 is 0. The Morgan fingerprint density at radius 2 is 0.698 bits per heavy atom. The Hall–Kier alpha value is -3.10. The first-order chi connectivity index (χ1) is 30.7. The van der Waals surface area contributed by atoms with Crippen molar-refractivity contribution in [3.05, 3.63) is 11.6 Å². The van der Waals surface area contributed by atoms with Crippen LogP contribution in [0.1, 0.15) is 124 Å². The van der Waals surface area contributed by atoms with E-state index < -0.39 is 0 Å². The van der Waals surface area contributed by atoms with Crippen molar-refractivity contribution in [3.63, 3.8) is 0 Å². The minimum atomic E-state index is 0.0957. The van der Waals surface area contributed by atoms with Gasteiger partial charge in [0.05, 0.1) is 24.7 Å². The van der Waals surface area contributed by atoms with Crippen LogP contribution in [-0.2, 0) is 0 Å². The lowest BCUT2D eigenvalue weighted by Gasteiger charge is -2.40. The van der Waals surface area contributed by atoms with Crippen LogP contribution in [0.3, 0.4) is 0 Å². The maximum atomic E-state index is 5.26. The molecule has 12 unspecified atom stereocenters. The van der Waals surface area contributed by atoms with Crippen molar-refractivity contribution in [2.24, 2.45) is 11.8 Å². The van der Waals surface area contributed by atoms with Crippen molar-refractivity contribution in [2.45, 2.75) is 161 Å². The molecular weight excluding hydrogens is 793 g/mol. The van der Waals surface area contributed by atoms with Crippen LogP contribution in [0.2, 0.25) is 0 Å². The van der Waals surface area contributed by atoms with Gasteiger partial charge in [-0.05, 0) is 84.5 Å². The summed E-state index contributed by atoms with van der Waals surface area (Å²) < 4.78 is 0. The highest BCUT2D eigenvalue weighted by molar-refractivity contribution is 5.39. The van der Waals surface area contributed by atoms with Gasteiger partial charge in [0.1, 0.15) is 11.6 Å². The van der Waals surface area contributed by atoms with E-state index in [-0.39, 0.29) is 36.5 Å². The third-order valence-corrected chi connectivity index (χ3v) is 15.6. The fourth-order valence-electron chi connectivity index (χ4n) is 12.0. The van der Waals surface area contributed by atoms with Gasteiger partial charge in [0.15, 0.2) is 0 Å². The van der Waals surface area contributed by atoms with Gasteiger partial charge < -0.3 is 42.5 Å². The Morgan fingerprint density at radius 1 is 0.429 bits per heavy atom. The fourth-order valence-corrected chi connectivity index (χ4v) is 12.0. The van der Waals surface area contributed by atoms with E-state index in [0.717, 1.165) is 135 Å². The number of rotatable bonds is 18. The molecule has 0 radical (unpaired) electrons. The van der Waals surface area contributed by atoms with Gasteiger partial charge in [0.25, 0.3) is 0 Å². The van der Waals surface area contributed by atoms with Crippen molar-refractivity contribution >= 4 is 23.8 Å². The van der Waals surface area contributed by atoms with Gasteiger partial charge in [-0.15, -0.1) is 0 Å². The van der Waals surface area contributed by atoms with Gasteiger partial charge in [0, 0.05) is 115 Å². The molecule has 6 aliphatic rings. The highest BCUT2D eigenvalue weighted by Crippen LogP contribution is 2.58. The second kappa shape index (κ2) is 21.5. The molecule has 8 rings (SSSR count). The Balaban J connectivity index is 1.03. The first-order valence-electron chi connectivity index (χ1n) is 25.1. The van der Waals surface area contributed by atoms with Crippen LogP contribution in [0.25, 0.3) is 0 Å². The van der Waals surface area contributed by atoms with Gasteiger partial charge in [-0.25, -0.2) is 0 Å². The molecule has 352 valence electrons. The number of nitrogens with zero attached hydrogens (tertiary/aromatic N) is 10. The Bertz CT molecular complexity index is 1530. The van der Waals surface area contributed by atoms with E-state index in [4.69, 9.17) is 29.9 Å². The topological polar surface area (TPSA) is 187 Å². The number of hydrogen-bond acceptors (Lipinski definition) is 18. The second-order valence-corrected chi connectivity index (χ2v) is 19.4. The molecule has 2 bridgehead atoms. The first kappa shape index (κ1) is 46.4. The molecule has 12 atom stereocenters. The summed E-state index contributed by atoms with van der Waals surface area (Å²) in [6.45, 7) is 30.1. The van der Waals surface area contributed by atoms with Gasteiger partial charge in [-0.2, -0.15) is 29.9 Å². The van der Waals surface area contributed by atoms with E-state index in [1.54, 1.807) is 0 Å². The highest BCUT2D eigenvalue weighted by atomic mass is 15.4. The molecule has 6 heterocycles. The number of nitrogens with one attached hydrogen (secondary N) is 8. The smallest absolute Gasteiger partial charge is 0.228 e. The minimum absolute atomic E-state index is 0.0957. The quantitative estimate of drug-likeness (QED) is 0.109. The van der Waals surface area contributed by atoms with Crippen molar-refractivity contribution in [1.29, 1.82) is 0 Å². The summed E-state index contributed by atoms with van der Waals surface area (Å²) in [6, 6.07) is 1.89. The van der Waals surface area contributed by atoms with E-state index in [2.05, 4.69) is 118 Å². The molecule has 0 spiro atoms. The molecule has 6 fully saturated rings. The summed E-state index contributed by atoms with van der Waals surface area (Å²) in [5.41, 5.74) is 0. The molecule has 4 saturated heterocycles. The molecular formula is C45H82N18. The largest absolute Gasteiger partial charge is 0.339 e. The van der Waals surface area contributed by atoms with Crippen molar-refractivity contribution in [2.75, 3.05) is 99.8 Å². The normalized spacial score (nSPS) is 31.9. The zero-order valence-electron chi connectivity index (χ0n) is 39.8. The zero-order valence-corrected chi connectivity index (χ0v) is 39.8. The zero-order chi connectivity index (χ0) is 44.0. The number of hydrogen-bond donors (Lipinski definition) is 8. The average molecular weight is 875 g/mol. The molecule has 2 aromatic heterocycles. The first-order valence-corrected chi connectivity index (χ1v) is 25.1. The molecule has 2 aromatic rings. The maximum Gasteiger partial charge on any atom is 0.228 e. The standard InChI is InChI=1S/C45H82N18/c1-9-34-24-46-13-17-60(34)28(5)50-42-54-40(55-43(58-42)51-29(6)61-18-14-47-25-35(61)10-2)38-22-33-21-32(38)23-39(33)41-56-44(52-30(7)62-19-15-48-26-36(62)11-3)59-45(57-41)53-31(8)63-20-16-49-27-37(63)12-4/h28-39,46-49H,9-27H2,1-8H3,(H2,50,51,54,55,58)(H2,52,53,56,57,59). The monoisotopic (exact) mass is 875 g/mol. The van der Waals surface area contributed by atoms with Crippen molar-refractivity contribution < 1.29 is 0 Å². The van der Waals surface area contributed by atoms with E-state index in [1.807, 2.05) is 0 Å². The van der Waals surface area contributed by atoms with Gasteiger partial charge in [-0.3, -0.25) is 19.6 Å². The number of aromatic nitrogens is 6. The molecule has 2 aliphatic carbocycles. The van der Waals surface area contributed by atoms with Crippen molar-refractivity contribution in [3.8, 4) is 0 Å². The third kappa shape index (κ3) is 10.8. The highest BCUT2D eigenvalue weighted by Gasteiger charge is 2.49. The van der Waals surface area contributed by atoms with Crippen LogP contribution in [0, 0.1) is 11.8 Å². The molecule has 4 aliphatic heterocycles. The second-order valence-electron chi connectivity index (χ2n) is 19.4. The lowest BCUT2D eigenvalue weighted by Crippen LogP contribution is -2.56. The van der Waals surface area contributed by atoms with Crippen LogP contribution in [-0.4, -0.2) is 177 Å². The number of piperazine rings is 4. The summed E-state index contributed by atoms with van der Waals surface area (Å²) in [7, 11) is 0. The van der Waals surface area contributed by atoms with E-state index in [0.29, 0.717) is 59.8 Å². The molecule has 2 saturated carbocycles.